The normalized spacial score (nSPS) is 30.6. The van der Waals surface area contributed by atoms with Gasteiger partial charge in [-0.15, -0.1) is 0 Å². The van der Waals surface area contributed by atoms with E-state index in [1.165, 1.54) is 0 Å². The average Bonchev–Trinajstić information content (AvgIpc) is 2.38. The summed E-state index contributed by atoms with van der Waals surface area (Å²) in [6.07, 6.45) is 1.59. The Kier molecular flexibility index (Phi) is 4.12. The van der Waals surface area contributed by atoms with E-state index in [0.29, 0.717) is 13.2 Å². The van der Waals surface area contributed by atoms with Crippen LogP contribution in [-0.4, -0.2) is 65.8 Å². The molecule has 0 bridgehead atoms. The molecule has 0 radical (unpaired) electrons. The van der Waals surface area contributed by atoms with Gasteiger partial charge in [-0.1, -0.05) is 0 Å². The van der Waals surface area contributed by atoms with Crippen LogP contribution in [-0.2, 0) is 14.3 Å². The average molecular weight is 285 g/mol. The van der Waals surface area contributed by atoms with Gasteiger partial charge in [-0.25, -0.2) is 9.59 Å². The molecule has 2 aliphatic heterocycles. The molecule has 112 valence electrons. The molecule has 2 unspecified atom stereocenters. The Morgan fingerprint density at radius 3 is 2.90 bits per heavy atom. The van der Waals surface area contributed by atoms with Crippen LogP contribution in [0, 0.1) is 0 Å². The maximum atomic E-state index is 12.2. The first-order valence-corrected chi connectivity index (χ1v) is 6.57. The Hall–Kier alpha value is -1.83. The molecule has 0 saturated carbocycles. The number of piperazine rings is 1. The summed E-state index contributed by atoms with van der Waals surface area (Å²) in [6, 6.07) is -1.58. The van der Waals surface area contributed by atoms with Crippen LogP contribution < -0.4 is 10.6 Å². The molecule has 0 spiro atoms. The summed E-state index contributed by atoms with van der Waals surface area (Å²) in [5, 5.41) is 14.4. The Morgan fingerprint density at radius 2 is 2.30 bits per heavy atom. The van der Waals surface area contributed by atoms with Gasteiger partial charge < -0.3 is 20.5 Å². The molecule has 0 aliphatic carbocycles. The Labute approximate surface area is 116 Å². The van der Waals surface area contributed by atoms with Crippen molar-refractivity contribution in [3.63, 3.8) is 0 Å². The number of carbonyl (C=O) groups is 3. The zero-order valence-corrected chi connectivity index (χ0v) is 11.3. The number of carboxylic acid groups (broad SMARTS) is 1. The lowest BCUT2D eigenvalue weighted by atomic mass is 9.95. The molecule has 2 heterocycles. The fourth-order valence-electron chi connectivity index (χ4n) is 2.44. The molecule has 20 heavy (non-hydrogen) atoms. The Morgan fingerprint density at radius 1 is 1.55 bits per heavy atom. The number of ether oxygens (including phenoxy) is 1. The van der Waals surface area contributed by atoms with Crippen LogP contribution in [0.5, 0.6) is 0 Å². The van der Waals surface area contributed by atoms with Crippen LogP contribution in [0.1, 0.15) is 19.8 Å². The van der Waals surface area contributed by atoms with Crippen molar-refractivity contribution in [1.29, 1.82) is 0 Å². The topological polar surface area (TPSA) is 108 Å². The second-order valence-electron chi connectivity index (χ2n) is 5.43. The molecule has 0 aromatic rings. The first-order valence-electron chi connectivity index (χ1n) is 6.57. The van der Waals surface area contributed by atoms with Crippen LogP contribution in [0.25, 0.3) is 0 Å². The summed E-state index contributed by atoms with van der Waals surface area (Å²) in [5.74, 6) is -1.49. The second kappa shape index (κ2) is 5.66. The van der Waals surface area contributed by atoms with E-state index in [4.69, 9.17) is 9.84 Å². The number of nitrogens with zero attached hydrogens (tertiary/aromatic N) is 1. The minimum absolute atomic E-state index is 0.0746. The lowest BCUT2D eigenvalue weighted by Crippen LogP contribution is -2.64. The van der Waals surface area contributed by atoms with Crippen molar-refractivity contribution >= 4 is 17.9 Å². The van der Waals surface area contributed by atoms with Crippen LogP contribution in [0.15, 0.2) is 0 Å². The summed E-state index contributed by atoms with van der Waals surface area (Å²) in [7, 11) is 0. The van der Waals surface area contributed by atoms with Gasteiger partial charge in [-0.3, -0.25) is 9.69 Å². The van der Waals surface area contributed by atoms with Crippen molar-refractivity contribution < 1.29 is 24.2 Å². The quantitative estimate of drug-likeness (QED) is 0.612. The highest BCUT2D eigenvalue weighted by Gasteiger charge is 2.38. The predicted molar refractivity (Wildman–Crippen MR) is 68.1 cm³/mol. The third-order valence-corrected chi connectivity index (χ3v) is 3.58. The molecule has 8 nitrogen and oxygen atoms in total. The van der Waals surface area contributed by atoms with Crippen LogP contribution in [0.4, 0.5) is 4.79 Å². The summed E-state index contributed by atoms with van der Waals surface area (Å²) in [4.78, 5) is 35.8. The maximum Gasteiger partial charge on any atom is 0.328 e. The predicted octanol–water partition coefficient (Wildman–Crippen LogP) is -0.850. The van der Waals surface area contributed by atoms with Crippen LogP contribution >= 0.6 is 0 Å². The van der Waals surface area contributed by atoms with Crippen molar-refractivity contribution in [3.05, 3.63) is 0 Å². The number of rotatable bonds is 2. The number of amides is 3. The molecular weight excluding hydrogens is 266 g/mol. The molecular formula is C12H19N3O5. The lowest BCUT2D eigenvalue weighted by molar-refractivity contribution is -0.144. The fourth-order valence-corrected chi connectivity index (χ4v) is 2.44. The van der Waals surface area contributed by atoms with Gasteiger partial charge in [0.2, 0.25) is 5.91 Å². The number of hydrogen-bond acceptors (Lipinski definition) is 4. The Balaban J connectivity index is 2.05. The fraction of sp³-hybridized carbons (Fsp3) is 0.750. The molecule has 2 atom stereocenters. The monoisotopic (exact) mass is 285 g/mol. The molecule has 0 aromatic carbocycles. The van der Waals surface area contributed by atoms with E-state index >= 15 is 0 Å². The van der Waals surface area contributed by atoms with Crippen molar-refractivity contribution in [2.45, 2.75) is 31.3 Å². The van der Waals surface area contributed by atoms with E-state index in [0.717, 1.165) is 17.7 Å². The highest BCUT2D eigenvalue weighted by Crippen LogP contribution is 2.19. The summed E-state index contributed by atoms with van der Waals surface area (Å²) >= 11 is 0. The minimum atomic E-state index is -1.13. The van der Waals surface area contributed by atoms with Gasteiger partial charge in [0, 0.05) is 13.2 Å². The van der Waals surface area contributed by atoms with E-state index in [1.54, 1.807) is 0 Å². The van der Waals surface area contributed by atoms with E-state index in [2.05, 4.69) is 10.6 Å². The molecule has 2 aliphatic rings. The molecule has 2 rings (SSSR count). The number of carbonyl (C=O) groups excluding carboxylic acids is 2. The molecule has 8 heteroatoms. The van der Waals surface area contributed by atoms with Gasteiger partial charge in [0.15, 0.2) is 0 Å². The van der Waals surface area contributed by atoms with Gasteiger partial charge >= 0.3 is 12.0 Å². The largest absolute Gasteiger partial charge is 0.480 e. The van der Waals surface area contributed by atoms with Gasteiger partial charge in [0.05, 0.1) is 12.1 Å². The number of urea groups is 1. The van der Waals surface area contributed by atoms with E-state index in [9.17, 15) is 14.4 Å². The highest BCUT2D eigenvalue weighted by molar-refractivity contribution is 5.90. The number of hydrogen-bond donors (Lipinski definition) is 3. The molecule has 2 fully saturated rings. The smallest absolute Gasteiger partial charge is 0.328 e. The lowest BCUT2D eigenvalue weighted by Gasteiger charge is -2.39. The van der Waals surface area contributed by atoms with Gasteiger partial charge in [-0.2, -0.15) is 0 Å². The minimum Gasteiger partial charge on any atom is -0.480 e. The van der Waals surface area contributed by atoms with Gasteiger partial charge in [-0.05, 0) is 19.8 Å². The summed E-state index contributed by atoms with van der Waals surface area (Å²) in [6.45, 7) is 2.57. The van der Waals surface area contributed by atoms with Gasteiger partial charge in [0.1, 0.15) is 12.6 Å². The van der Waals surface area contributed by atoms with Crippen LogP contribution in [0.3, 0.4) is 0 Å². The third-order valence-electron chi connectivity index (χ3n) is 3.58. The Bertz CT molecular complexity index is 419. The zero-order chi connectivity index (χ0) is 14.8. The SMILES string of the molecule is CC1(NC(=O)N2CC(=O)NCC2C(=O)O)CCCOC1. The number of aliphatic carboxylic acids is 1. The summed E-state index contributed by atoms with van der Waals surface area (Å²) in [5.41, 5.74) is -0.522. The van der Waals surface area contributed by atoms with E-state index in [1.807, 2.05) is 6.92 Å². The van der Waals surface area contributed by atoms with Crippen LogP contribution in [0.2, 0.25) is 0 Å². The maximum absolute atomic E-state index is 12.2. The molecule has 3 N–H and O–H groups in total. The first-order chi connectivity index (χ1) is 9.41. The number of nitrogens with one attached hydrogen (secondary N) is 2. The van der Waals surface area contributed by atoms with E-state index < -0.39 is 23.6 Å². The molecule has 0 aromatic heterocycles. The second-order valence-corrected chi connectivity index (χ2v) is 5.43. The molecule has 2 saturated heterocycles. The summed E-state index contributed by atoms with van der Waals surface area (Å²) < 4.78 is 5.34. The standard InChI is InChI=1S/C12H19N3O5/c1-12(3-2-4-20-7-12)14-11(19)15-6-9(16)13-5-8(15)10(17)18/h8H,2-7H2,1H3,(H,13,16)(H,14,19)(H,17,18). The van der Waals surface area contributed by atoms with Gasteiger partial charge in [0.25, 0.3) is 0 Å². The highest BCUT2D eigenvalue weighted by atomic mass is 16.5. The number of carboxylic acids is 1. The van der Waals surface area contributed by atoms with Crippen molar-refractivity contribution in [3.8, 4) is 0 Å². The third kappa shape index (κ3) is 3.19. The van der Waals surface area contributed by atoms with E-state index in [-0.39, 0.29) is 19.0 Å². The van der Waals surface area contributed by atoms with Crippen molar-refractivity contribution in [2.24, 2.45) is 0 Å². The molecule has 3 amide bonds. The first kappa shape index (κ1) is 14.6. The zero-order valence-electron chi connectivity index (χ0n) is 11.3. The van der Waals surface area contributed by atoms with Crippen molar-refractivity contribution in [1.82, 2.24) is 15.5 Å². The van der Waals surface area contributed by atoms with Crippen molar-refractivity contribution in [2.75, 3.05) is 26.3 Å².